The first-order valence-electron chi connectivity index (χ1n) is 6.23. The van der Waals surface area contributed by atoms with Crippen molar-refractivity contribution >= 4 is 23.4 Å². The molecule has 0 fully saturated rings. The van der Waals surface area contributed by atoms with E-state index in [9.17, 15) is 0 Å². The van der Waals surface area contributed by atoms with E-state index in [1.54, 1.807) is 0 Å². The Bertz CT molecular complexity index is 526. The van der Waals surface area contributed by atoms with Gasteiger partial charge in [-0.2, -0.15) is 0 Å². The molecule has 7 heteroatoms. The molecule has 0 bridgehead atoms. The van der Waals surface area contributed by atoms with Crippen LogP contribution in [0.15, 0.2) is 35.6 Å². The maximum absolute atomic E-state index is 5.43. The number of aromatic nitrogens is 3. The Kier molecular flexibility index (Phi) is 5.14. The molecule has 6 nitrogen and oxygen atoms in total. The third kappa shape index (κ3) is 3.82. The Morgan fingerprint density at radius 1 is 1.35 bits per heavy atom. The van der Waals surface area contributed by atoms with E-state index < -0.39 is 0 Å². The van der Waals surface area contributed by atoms with E-state index in [-0.39, 0.29) is 0 Å². The van der Waals surface area contributed by atoms with Gasteiger partial charge in [0.15, 0.2) is 5.16 Å². The molecule has 0 aliphatic heterocycles. The quantitative estimate of drug-likeness (QED) is 0.362. The van der Waals surface area contributed by atoms with Crippen molar-refractivity contribution in [3.8, 4) is 0 Å². The van der Waals surface area contributed by atoms with Crippen LogP contribution in [0.1, 0.15) is 5.69 Å². The molecule has 0 spiro atoms. The Hall–Kier alpha value is -1.86. The number of hydrazine groups is 1. The van der Waals surface area contributed by atoms with Crippen LogP contribution < -0.4 is 16.2 Å². The van der Waals surface area contributed by atoms with Gasteiger partial charge < -0.3 is 10.3 Å². The van der Waals surface area contributed by atoms with Gasteiger partial charge in [0.2, 0.25) is 0 Å². The maximum atomic E-state index is 5.43. The normalized spacial score (nSPS) is 10.3. The van der Waals surface area contributed by atoms with Crippen LogP contribution in [0.2, 0.25) is 0 Å². The zero-order chi connectivity index (χ0) is 14.4. The number of nitrogens with two attached hydrogens (primary N) is 1. The van der Waals surface area contributed by atoms with Crippen molar-refractivity contribution in [3.63, 3.8) is 0 Å². The fourth-order valence-corrected chi connectivity index (χ4v) is 2.09. The van der Waals surface area contributed by atoms with Gasteiger partial charge in [-0.05, 0) is 18.4 Å². The zero-order valence-electron chi connectivity index (χ0n) is 11.6. The first-order valence-corrected chi connectivity index (χ1v) is 7.46. The first kappa shape index (κ1) is 14.5. The van der Waals surface area contributed by atoms with E-state index in [1.165, 1.54) is 11.8 Å². The van der Waals surface area contributed by atoms with Crippen LogP contribution in [0, 0.1) is 0 Å². The molecule has 0 unspecified atom stereocenters. The van der Waals surface area contributed by atoms with Crippen LogP contribution in [0.3, 0.4) is 0 Å². The van der Waals surface area contributed by atoms with Crippen molar-refractivity contribution in [2.45, 2.75) is 11.6 Å². The van der Waals surface area contributed by atoms with Crippen molar-refractivity contribution < 1.29 is 0 Å². The summed E-state index contributed by atoms with van der Waals surface area (Å²) in [5.41, 5.74) is 3.63. The average Bonchev–Trinajstić information content (AvgIpc) is 2.52. The zero-order valence-corrected chi connectivity index (χ0v) is 12.4. The summed E-state index contributed by atoms with van der Waals surface area (Å²) in [5.74, 6) is 6.89. The number of anilines is 2. The van der Waals surface area contributed by atoms with E-state index in [4.69, 9.17) is 5.84 Å². The standard InChI is InChI=1S/C13H18N6S/c1-19(8-6-10-5-3-4-7-15-10)12-9-11(18-14)16-13(17-12)20-2/h3-5,7,9H,6,8,14H2,1-2H3,(H,16,17,18). The van der Waals surface area contributed by atoms with Gasteiger partial charge in [-0.3, -0.25) is 4.98 Å². The van der Waals surface area contributed by atoms with E-state index in [1.807, 2.05) is 43.8 Å². The fourth-order valence-electron chi connectivity index (χ4n) is 1.72. The molecule has 2 rings (SSSR count). The lowest BCUT2D eigenvalue weighted by molar-refractivity contribution is 0.819. The maximum Gasteiger partial charge on any atom is 0.191 e. The summed E-state index contributed by atoms with van der Waals surface area (Å²) in [6.07, 6.45) is 4.61. The summed E-state index contributed by atoms with van der Waals surface area (Å²) in [4.78, 5) is 15.1. The van der Waals surface area contributed by atoms with Crippen molar-refractivity contribution in [3.05, 3.63) is 36.2 Å². The van der Waals surface area contributed by atoms with Gasteiger partial charge in [-0.15, -0.1) is 0 Å². The monoisotopic (exact) mass is 290 g/mol. The van der Waals surface area contributed by atoms with Gasteiger partial charge in [0, 0.05) is 38.0 Å². The summed E-state index contributed by atoms with van der Waals surface area (Å²) in [6.45, 7) is 0.825. The number of hydrogen-bond acceptors (Lipinski definition) is 7. The number of thioether (sulfide) groups is 1. The molecule has 0 atom stereocenters. The van der Waals surface area contributed by atoms with Gasteiger partial charge in [-0.25, -0.2) is 15.8 Å². The minimum Gasteiger partial charge on any atom is -0.359 e. The second-order valence-corrected chi connectivity index (χ2v) is 5.01. The minimum absolute atomic E-state index is 0.615. The van der Waals surface area contributed by atoms with Crippen LogP contribution in [-0.2, 0) is 6.42 Å². The second-order valence-electron chi connectivity index (χ2n) is 4.24. The molecular formula is C13H18N6S. The molecule has 20 heavy (non-hydrogen) atoms. The fraction of sp³-hybridized carbons (Fsp3) is 0.308. The summed E-state index contributed by atoms with van der Waals surface area (Å²) >= 11 is 1.49. The van der Waals surface area contributed by atoms with Gasteiger partial charge in [0.25, 0.3) is 0 Å². The van der Waals surface area contributed by atoms with Crippen molar-refractivity contribution in [2.24, 2.45) is 5.84 Å². The molecule has 0 aliphatic rings. The van der Waals surface area contributed by atoms with Crippen LogP contribution in [0.25, 0.3) is 0 Å². The van der Waals surface area contributed by atoms with E-state index >= 15 is 0 Å². The topological polar surface area (TPSA) is 80.0 Å². The molecular weight excluding hydrogens is 272 g/mol. The van der Waals surface area contributed by atoms with Gasteiger partial charge in [0.05, 0.1) is 0 Å². The molecule has 0 aromatic carbocycles. The van der Waals surface area contributed by atoms with E-state index in [2.05, 4.69) is 25.3 Å². The number of nitrogens with one attached hydrogen (secondary N) is 1. The Labute approximate surface area is 122 Å². The highest BCUT2D eigenvalue weighted by molar-refractivity contribution is 7.98. The lowest BCUT2D eigenvalue weighted by Gasteiger charge is -2.19. The molecule has 3 N–H and O–H groups in total. The Balaban J connectivity index is 2.06. The van der Waals surface area contributed by atoms with E-state index in [0.29, 0.717) is 11.0 Å². The highest BCUT2D eigenvalue weighted by Gasteiger charge is 2.08. The van der Waals surface area contributed by atoms with Crippen LogP contribution in [-0.4, -0.2) is 34.8 Å². The molecule has 2 aromatic heterocycles. The molecule has 0 saturated carbocycles. The third-order valence-electron chi connectivity index (χ3n) is 2.84. The van der Waals surface area contributed by atoms with Gasteiger partial charge >= 0.3 is 0 Å². The van der Waals surface area contributed by atoms with Gasteiger partial charge in [-0.1, -0.05) is 17.8 Å². The number of hydrogen-bond donors (Lipinski definition) is 2. The summed E-state index contributed by atoms with van der Waals surface area (Å²) in [7, 11) is 2.00. The first-order chi connectivity index (χ1) is 9.72. The lowest BCUT2D eigenvalue weighted by atomic mass is 10.2. The largest absolute Gasteiger partial charge is 0.359 e. The SMILES string of the molecule is CSc1nc(NN)cc(N(C)CCc2ccccn2)n1. The average molecular weight is 290 g/mol. The molecule has 0 aliphatic carbocycles. The predicted molar refractivity (Wildman–Crippen MR) is 82.8 cm³/mol. The summed E-state index contributed by atoms with van der Waals surface area (Å²) in [6, 6.07) is 7.77. The highest BCUT2D eigenvalue weighted by Crippen LogP contribution is 2.19. The number of nitrogens with zero attached hydrogens (tertiary/aromatic N) is 4. The third-order valence-corrected chi connectivity index (χ3v) is 3.39. The highest BCUT2D eigenvalue weighted by atomic mass is 32.2. The van der Waals surface area contributed by atoms with Crippen LogP contribution in [0.4, 0.5) is 11.6 Å². The predicted octanol–water partition coefficient (Wildman–Crippen LogP) is 1.56. The van der Waals surface area contributed by atoms with E-state index in [0.717, 1.165) is 24.5 Å². The van der Waals surface area contributed by atoms with Crippen molar-refractivity contribution in [1.82, 2.24) is 15.0 Å². The molecule has 0 amide bonds. The number of likely N-dealkylation sites (N-methyl/N-ethyl adjacent to an activating group) is 1. The van der Waals surface area contributed by atoms with Crippen molar-refractivity contribution in [1.29, 1.82) is 0 Å². The minimum atomic E-state index is 0.615. The van der Waals surface area contributed by atoms with Crippen LogP contribution >= 0.6 is 11.8 Å². The number of nitrogen functional groups attached to an aromatic ring is 1. The van der Waals surface area contributed by atoms with Gasteiger partial charge in [0.1, 0.15) is 11.6 Å². The smallest absolute Gasteiger partial charge is 0.191 e. The Morgan fingerprint density at radius 3 is 2.85 bits per heavy atom. The summed E-state index contributed by atoms with van der Waals surface area (Å²) in [5, 5.41) is 0.695. The summed E-state index contributed by atoms with van der Waals surface area (Å²) < 4.78 is 0. The number of pyridine rings is 1. The molecule has 2 aromatic rings. The van der Waals surface area contributed by atoms with Crippen LogP contribution in [0.5, 0.6) is 0 Å². The lowest BCUT2D eigenvalue weighted by Crippen LogP contribution is -2.22. The molecule has 2 heterocycles. The molecule has 0 saturated heterocycles. The van der Waals surface area contributed by atoms with Crippen molar-refractivity contribution in [2.75, 3.05) is 30.2 Å². The number of rotatable bonds is 6. The second kappa shape index (κ2) is 7.06. The molecule has 0 radical (unpaired) electrons. The Morgan fingerprint density at radius 2 is 2.20 bits per heavy atom. The molecule has 106 valence electrons.